The van der Waals surface area contributed by atoms with E-state index >= 15 is 0 Å². The van der Waals surface area contributed by atoms with E-state index in [-0.39, 0.29) is 5.91 Å². The molecule has 0 aliphatic carbocycles. The van der Waals surface area contributed by atoms with Crippen LogP contribution in [0.1, 0.15) is 41.4 Å². The second-order valence-electron chi connectivity index (χ2n) is 8.94. The Balaban J connectivity index is 1.80. The van der Waals surface area contributed by atoms with E-state index in [2.05, 4.69) is 10.3 Å². The molecule has 4 N–H and O–H groups in total. The summed E-state index contributed by atoms with van der Waals surface area (Å²) in [5.41, 5.74) is 11.7. The minimum atomic E-state index is -3.26. The zero-order valence-corrected chi connectivity index (χ0v) is 22.0. The Hall–Kier alpha value is -3.14. The van der Waals surface area contributed by atoms with Gasteiger partial charge in [0.25, 0.3) is 5.91 Å². The number of aromatic nitrogens is 1. The second kappa shape index (κ2) is 10.1. The van der Waals surface area contributed by atoms with Crippen LogP contribution in [0.5, 0.6) is 0 Å². The molecule has 1 atom stereocenters. The van der Waals surface area contributed by atoms with E-state index < -0.39 is 21.3 Å². The summed E-state index contributed by atoms with van der Waals surface area (Å²) < 4.78 is 25.2. The fraction of sp³-hybridized carbons (Fsp3) is 0.308. The van der Waals surface area contributed by atoms with Gasteiger partial charge in [-0.25, -0.2) is 8.42 Å². The first-order valence-corrected chi connectivity index (χ1v) is 13.9. The number of carbonyl (C=O) groups is 2. The lowest BCUT2D eigenvalue weighted by Gasteiger charge is -2.23. The van der Waals surface area contributed by atoms with Crippen molar-refractivity contribution in [3.8, 4) is 11.1 Å². The number of hydrogen-bond donors (Lipinski definition) is 3. The number of nitrogens with one attached hydrogen (secondary N) is 2. The summed E-state index contributed by atoms with van der Waals surface area (Å²) in [6.07, 6.45) is 4.15. The number of aromatic amines is 1. The topological polar surface area (TPSA) is 125 Å². The average Bonchev–Trinajstić information content (AvgIpc) is 3.29. The van der Waals surface area contributed by atoms with Crippen molar-refractivity contribution in [3.05, 3.63) is 59.3 Å². The van der Waals surface area contributed by atoms with Gasteiger partial charge >= 0.3 is 0 Å². The molecule has 2 heterocycles. The monoisotopic (exact) mass is 528 g/mol. The molecule has 1 aliphatic heterocycles. The molecule has 2 amide bonds. The van der Waals surface area contributed by atoms with Crippen molar-refractivity contribution < 1.29 is 18.0 Å². The molecule has 8 nitrogen and oxygen atoms in total. The highest BCUT2D eigenvalue weighted by atomic mass is 35.5. The molecule has 1 aromatic heterocycles. The van der Waals surface area contributed by atoms with Gasteiger partial charge in [0.05, 0.1) is 17.3 Å². The van der Waals surface area contributed by atoms with Crippen molar-refractivity contribution >= 4 is 55.6 Å². The number of nitrogens with two attached hydrogens (primary N) is 1. The maximum atomic E-state index is 12.4. The van der Waals surface area contributed by atoms with E-state index in [0.29, 0.717) is 42.7 Å². The maximum absolute atomic E-state index is 12.4. The summed E-state index contributed by atoms with van der Waals surface area (Å²) in [5, 5.41) is 3.09. The Kier molecular flexibility index (Phi) is 7.26. The largest absolute Gasteiger partial charge is 0.366 e. The van der Waals surface area contributed by atoms with Gasteiger partial charge in [0, 0.05) is 29.9 Å². The van der Waals surface area contributed by atoms with Crippen LogP contribution < -0.4 is 11.1 Å². The van der Waals surface area contributed by atoms with Gasteiger partial charge in [-0.05, 0) is 60.2 Å². The third-order valence-electron chi connectivity index (χ3n) is 6.57. The van der Waals surface area contributed by atoms with Crippen LogP contribution in [0.3, 0.4) is 0 Å². The highest BCUT2D eigenvalue weighted by Gasteiger charge is 2.23. The standard InChI is InChI=1S/C26H29ClN4O4S/c1-4-21(27)26(33)30-22-7-5-6-17(15(22)2)18-8-9-19(25(28)32)24-20(18)14-23(29-24)16-10-12-31(13-11-16)36(3,34)35/h5-10,14,21,29H,4,11-13H2,1-3H3,(H2,28,32)(H,30,33). The zero-order valence-electron chi connectivity index (χ0n) is 20.4. The van der Waals surface area contributed by atoms with Crippen molar-refractivity contribution in [1.29, 1.82) is 0 Å². The number of amides is 2. The van der Waals surface area contributed by atoms with Crippen LogP contribution in [0.25, 0.3) is 27.6 Å². The molecule has 0 bridgehead atoms. The second-order valence-corrected chi connectivity index (χ2v) is 11.4. The third-order valence-corrected chi connectivity index (χ3v) is 8.35. The number of halogens is 1. The number of carbonyl (C=O) groups excluding carboxylic acids is 2. The molecular formula is C26H29ClN4O4S. The number of primary amides is 1. The number of fused-ring (bicyclic) bond motifs is 1. The molecule has 36 heavy (non-hydrogen) atoms. The average molecular weight is 529 g/mol. The van der Waals surface area contributed by atoms with Gasteiger partial charge in [-0.15, -0.1) is 11.6 Å². The van der Waals surface area contributed by atoms with E-state index in [9.17, 15) is 18.0 Å². The summed E-state index contributed by atoms with van der Waals surface area (Å²) in [6, 6.07) is 11.2. The van der Waals surface area contributed by atoms with Crippen LogP contribution in [0.4, 0.5) is 5.69 Å². The molecule has 0 radical (unpaired) electrons. The highest BCUT2D eigenvalue weighted by Crippen LogP contribution is 2.37. The van der Waals surface area contributed by atoms with Crippen LogP contribution in [0.15, 0.2) is 42.5 Å². The maximum Gasteiger partial charge on any atom is 0.250 e. The predicted molar refractivity (Wildman–Crippen MR) is 145 cm³/mol. The number of alkyl halides is 1. The summed E-state index contributed by atoms with van der Waals surface area (Å²) in [6.45, 7) is 4.45. The molecule has 0 fully saturated rings. The molecule has 4 rings (SSSR count). The molecule has 0 spiro atoms. The molecule has 1 aliphatic rings. The number of hydrogen-bond acceptors (Lipinski definition) is 4. The first kappa shape index (κ1) is 25.9. The summed E-state index contributed by atoms with van der Waals surface area (Å²) >= 11 is 6.11. The first-order valence-electron chi connectivity index (χ1n) is 11.7. The van der Waals surface area contributed by atoms with Crippen LogP contribution in [-0.2, 0) is 14.8 Å². The molecule has 0 saturated heterocycles. The number of benzene rings is 2. The van der Waals surface area contributed by atoms with Crippen molar-refractivity contribution in [1.82, 2.24) is 9.29 Å². The molecule has 0 saturated carbocycles. The minimum absolute atomic E-state index is 0.259. The van der Waals surface area contributed by atoms with Gasteiger partial charge in [-0.3, -0.25) is 9.59 Å². The quantitative estimate of drug-likeness (QED) is 0.396. The Labute approximate surface area is 215 Å². The fourth-order valence-corrected chi connectivity index (χ4v) is 5.31. The van der Waals surface area contributed by atoms with Crippen LogP contribution in [0.2, 0.25) is 0 Å². The Bertz CT molecular complexity index is 1490. The number of nitrogens with zero attached hydrogens (tertiary/aromatic N) is 1. The fourth-order valence-electron chi connectivity index (χ4n) is 4.49. The van der Waals surface area contributed by atoms with Crippen molar-refractivity contribution in [2.75, 3.05) is 24.7 Å². The van der Waals surface area contributed by atoms with Crippen LogP contribution >= 0.6 is 11.6 Å². The normalized spacial score (nSPS) is 15.5. The van der Waals surface area contributed by atoms with E-state index in [1.54, 1.807) is 6.07 Å². The molecule has 2 aromatic carbocycles. The summed E-state index contributed by atoms with van der Waals surface area (Å²) in [5.74, 6) is -0.809. The number of H-pyrrole nitrogens is 1. The summed E-state index contributed by atoms with van der Waals surface area (Å²) in [4.78, 5) is 27.9. The number of sulfonamides is 1. The summed E-state index contributed by atoms with van der Waals surface area (Å²) in [7, 11) is -3.26. The van der Waals surface area contributed by atoms with Gasteiger partial charge in [0.1, 0.15) is 5.38 Å². The van der Waals surface area contributed by atoms with E-state index in [4.69, 9.17) is 17.3 Å². The van der Waals surface area contributed by atoms with Crippen LogP contribution in [-0.4, -0.2) is 54.2 Å². The Morgan fingerprint density at radius 2 is 1.97 bits per heavy atom. The van der Waals surface area contributed by atoms with Gasteiger partial charge in [-0.2, -0.15) is 4.31 Å². The zero-order chi connectivity index (χ0) is 26.2. The Morgan fingerprint density at radius 1 is 1.22 bits per heavy atom. The van der Waals surface area contributed by atoms with Gasteiger partial charge in [0.15, 0.2) is 0 Å². The van der Waals surface area contributed by atoms with Crippen molar-refractivity contribution in [2.24, 2.45) is 5.73 Å². The molecular weight excluding hydrogens is 500 g/mol. The lowest BCUT2D eigenvalue weighted by molar-refractivity contribution is -0.115. The molecule has 10 heteroatoms. The predicted octanol–water partition coefficient (Wildman–Crippen LogP) is 4.25. The first-order chi connectivity index (χ1) is 17.0. The van der Waals surface area contributed by atoms with E-state index in [1.807, 2.05) is 50.3 Å². The van der Waals surface area contributed by atoms with E-state index in [1.165, 1.54) is 10.6 Å². The third kappa shape index (κ3) is 5.04. The SMILES string of the molecule is CCC(Cl)C(=O)Nc1cccc(-c2ccc(C(N)=O)c3[nH]c(C4=CCN(S(C)(=O)=O)CC4)cc23)c1C. The van der Waals surface area contributed by atoms with Gasteiger partial charge < -0.3 is 16.0 Å². The molecule has 1 unspecified atom stereocenters. The van der Waals surface area contributed by atoms with Gasteiger partial charge in [0.2, 0.25) is 15.9 Å². The van der Waals surface area contributed by atoms with Gasteiger partial charge in [-0.1, -0.05) is 31.2 Å². The van der Waals surface area contributed by atoms with E-state index in [0.717, 1.165) is 33.3 Å². The van der Waals surface area contributed by atoms with Crippen molar-refractivity contribution in [2.45, 2.75) is 32.1 Å². The Morgan fingerprint density at radius 3 is 2.58 bits per heavy atom. The molecule has 190 valence electrons. The van der Waals surface area contributed by atoms with Crippen molar-refractivity contribution in [3.63, 3.8) is 0 Å². The van der Waals surface area contributed by atoms with Crippen LogP contribution in [0, 0.1) is 6.92 Å². The smallest absolute Gasteiger partial charge is 0.250 e. The highest BCUT2D eigenvalue weighted by molar-refractivity contribution is 7.88. The minimum Gasteiger partial charge on any atom is -0.366 e. The number of rotatable bonds is 7. The lowest BCUT2D eigenvalue weighted by Crippen LogP contribution is -2.33. The number of anilines is 1. The lowest BCUT2D eigenvalue weighted by atomic mass is 9.94. The molecule has 3 aromatic rings.